The zero-order chi connectivity index (χ0) is 13.8. The van der Waals surface area contributed by atoms with Gasteiger partial charge in [0.15, 0.2) is 8.32 Å². The zero-order valence-corrected chi connectivity index (χ0v) is 13.0. The van der Waals surface area contributed by atoms with E-state index in [1.54, 1.807) is 12.1 Å². The van der Waals surface area contributed by atoms with Gasteiger partial charge in [0.2, 0.25) is 0 Å². The van der Waals surface area contributed by atoms with Crippen LogP contribution in [0.4, 0.5) is 10.1 Å². The summed E-state index contributed by atoms with van der Waals surface area (Å²) in [6.07, 6.45) is 0. The van der Waals surface area contributed by atoms with E-state index in [2.05, 4.69) is 39.2 Å². The van der Waals surface area contributed by atoms with Crippen molar-refractivity contribution < 1.29 is 8.82 Å². The van der Waals surface area contributed by atoms with Crippen LogP contribution >= 0.6 is 0 Å². The van der Waals surface area contributed by atoms with Crippen molar-refractivity contribution in [1.29, 1.82) is 0 Å². The Morgan fingerprint density at radius 3 is 2.39 bits per heavy atom. The number of para-hydroxylation sites is 1. The summed E-state index contributed by atoms with van der Waals surface area (Å²) in [5.41, 5.74) is 0.538. The van der Waals surface area contributed by atoms with Crippen molar-refractivity contribution in [2.45, 2.75) is 38.9 Å². The van der Waals surface area contributed by atoms with Gasteiger partial charge in [0.05, 0.1) is 12.3 Å². The highest BCUT2D eigenvalue weighted by Gasteiger charge is 2.36. The van der Waals surface area contributed by atoms with Crippen molar-refractivity contribution in [3.8, 4) is 0 Å². The number of rotatable bonds is 5. The fourth-order valence-corrected chi connectivity index (χ4v) is 2.36. The van der Waals surface area contributed by atoms with Crippen LogP contribution in [0.5, 0.6) is 0 Å². The van der Waals surface area contributed by atoms with E-state index in [-0.39, 0.29) is 10.9 Å². The van der Waals surface area contributed by atoms with Crippen LogP contribution < -0.4 is 5.32 Å². The second-order valence-corrected chi connectivity index (χ2v) is 10.8. The molecule has 0 saturated carbocycles. The van der Waals surface area contributed by atoms with E-state index in [0.29, 0.717) is 18.8 Å². The molecule has 102 valence electrons. The van der Waals surface area contributed by atoms with Gasteiger partial charge in [-0.25, -0.2) is 4.39 Å². The van der Waals surface area contributed by atoms with Gasteiger partial charge in [-0.05, 0) is 30.3 Å². The van der Waals surface area contributed by atoms with E-state index in [4.69, 9.17) is 4.43 Å². The molecule has 1 N–H and O–H groups in total. The summed E-state index contributed by atoms with van der Waals surface area (Å²) in [7, 11) is -1.69. The maximum absolute atomic E-state index is 13.3. The first kappa shape index (κ1) is 15.2. The maximum atomic E-state index is 13.3. The molecule has 0 amide bonds. The number of nitrogens with one attached hydrogen (secondary N) is 1. The Kier molecular flexibility index (Phi) is 4.93. The molecule has 0 saturated heterocycles. The highest BCUT2D eigenvalue weighted by molar-refractivity contribution is 6.74. The molecule has 0 aromatic heterocycles. The Bertz CT molecular complexity index is 388. The molecule has 0 aliphatic heterocycles. The lowest BCUT2D eigenvalue weighted by Gasteiger charge is -2.36. The second kappa shape index (κ2) is 5.84. The Balaban J connectivity index is 2.38. The van der Waals surface area contributed by atoms with Crippen LogP contribution in [-0.2, 0) is 4.43 Å². The van der Waals surface area contributed by atoms with Crippen LogP contribution in [0.1, 0.15) is 20.8 Å². The van der Waals surface area contributed by atoms with E-state index in [9.17, 15) is 4.39 Å². The number of halogens is 1. The summed E-state index contributed by atoms with van der Waals surface area (Å²) in [6.45, 7) is 12.3. The van der Waals surface area contributed by atoms with Crippen molar-refractivity contribution in [1.82, 2.24) is 0 Å². The van der Waals surface area contributed by atoms with Crippen LogP contribution in [0, 0.1) is 5.82 Å². The number of hydrogen-bond acceptors (Lipinski definition) is 2. The lowest BCUT2D eigenvalue weighted by atomic mass is 10.2. The fraction of sp³-hybridized carbons (Fsp3) is 0.571. The summed E-state index contributed by atoms with van der Waals surface area (Å²) in [5, 5.41) is 3.27. The molecule has 0 aliphatic carbocycles. The summed E-state index contributed by atoms with van der Waals surface area (Å²) < 4.78 is 19.4. The third-order valence-electron chi connectivity index (χ3n) is 3.56. The van der Waals surface area contributed by atoms with Gasteiger partial charge in [-0.15, -0.1) is 0 Å². The molecule has 0 atom stereocenters. The average Bonchev–Trinajstić information content (AvgIpc) is 2.25. The van der Waals surface area contributed by atoms with Gasteiger partial charge in [0.25, 0.3) is 0 Å². The largest absolute Gasteiger partial charge is 0.415 e. The SMILES string of the molecule is CC(C)(C)[Si](C)(C)OCCNc1ccccc1F. The summed E-state index contributed by atoms with van der Waals surface area (Å²) in [6, 6.07) is 6.70. The number of benzene rings is 1. The van der Waals surface area contributed by atoms with E-state index in [1.165, 1.54) is 6.07 Å². The minimum atomic E-state index is -1.69. The highest BCUT2D eigenvalue weighted by Crippen LogP contribution is 2.36. The Hall–Kier alpha value is -0.873. The number of anilines is 1. The molecule has 2 nitrogen and oxygen atoms in total. The van der Waals surface area contributed by atoms with Crippen molar-refractivity contribution >= 4 is 14.0 Å². The average molecular weight is 269 g/mol. The molecule has 0 fully saturated rings. The van der Waals surface area contributed by atoms with Crippen molar-refractivity contribution in [2.24, 2.45) is 0 Å². The van der Waals surface area contributed by atoms with Gasteiger partial charge in [-0.2, -0.15) is 0 Å². The lowest BCUT2D eigenvalue weighted by molar-refractivity contribution is 0.301. The van der Waals surface area contributed by atoms with E-state index in [1.807, 2.05) is 6.07 Å². The third kappa shape index (κ3) is 4.10. The molecule has 0 bridgehead atoms. The third-order valence-corrected chi connectivity index (χ3v) is 8.10. The smallest absolute Gasteiger partial charge is 0.192 e. The van der Waals surface area contributed by atoms with E-state index < -0.39 is 8.32 Å². The molecule has 1 aromatic rings. The minimum absolute atomic E-state index is 0.213. The first-order valence-corrected chi connectivity index (χ1v) is 9.27. The van der Waals surface area contributed by atoms with Gasteiger partial charge in [-0.1, -0.05) is 32.9 Å². The quantitative estimate of drug-likeness (QED) is 0.637. The van der Waals surface area contributed by atoms with Crippen molar-refractivity contribution in [3.05, 3.63) is 30.1 Å². The molecule has 0 unspecified atom stereocenters. The molecular weight excluding hydrogens is 245 g/mol. The normalized spacial score (nSPS) is 12.6. The minimum Gasteiger partial charge on any atom is -0.415 e. The van der Waals surface area contributed by atoms with E-state index in [0.717, 1.165) is 0 Å². The molecule has 0 spiro atoms. The summed E-state index contributed by atoms with van der Waals surface area (Å²) >= 11 is 0. The van der Waals surface area contributed by atoms with Crippen LogP contribution in [0.25, 0.3) is 0 Å². The molecule has 0 aliphatic rings. The summed E-state index contributed by atoms with van der Waals surface area (Å²) in [4.78, 5) is 0. The predicted octanol–water partition coefficient (Wildman–Crippen LogP) is 4.26. The first-order valence-electron chi connectivity index (χ1n) is 6.36. The first-order chi connectivity index (χ1) is 8.24. The Morgan fingerprint density at radius 2 is 1.83 bits per heavy atom. The van der Waals surface area contributed by atoms with Crippen LogP contribution in [0.2, 0.25) is 18.1 Å². The lowest BCUT2D eigenvalue weighted by Crippen LogP contribution is -2.41. The van der Waals surface area contributed by atoms with Gasteiger partial charge in [0, 0.05) is 6.54 Å². The highest BCUT2D eigenvalue weighted by atomic mass is 28.4. The topological polar surface area (TPSA) is 21.3 Å². The van der Waals surface area contributed by atoms with Crippen molar-refractivity contribution in [3.63, 3.8) is 0 Å². The molecule has 18 heavy (non-hydrogen) atoms. The van der Waals surface area contributed by atoms with Crippen LogP contribution in [0.15, 0.2) is 24.3 Å². The van der Waals surface area contributed by atoms with Crippen LogP contribution in [-0.4, -0.2) is 21.5 Å². The van der Waals surface area contributed by atoms with E-state index >= 15 is 0 Å². The standard InChI is InChI=1S/C14H24FNOSi/c1-14(2,3)18(4,5)17-11-10-16-13-9-7-6-8-12(13)15/h6-9,16H,10-11H2,1-5H3. The van der Waals surface area contributed by atoms with Gasteiger partial charge in [-0.3, -0.25) is 0 Å². The molecular formula is C14H24FNOSi. The molecule has 4 heteroatoms. The van der Waals surface area contributed by atoms with Gasteiger partial charge < -0.3 is 9.74 Å². The van der Waals surface area contributed by atoms with Gasteiger partial charge >= 0.3 is 0 Å². The molecule has 0 radical (unpaired) electrons. The Morgan fingerprint density at radius 1 is 1.22 bits per heavy atom. The molecule has 1 rings (SSSR count). The Labute approximate surface area is 111 Å². The monoisotopic (exact) mass is 269 g/mol. The predicted molar refractivity (Wildman–Crippen MR) is 78.0 cm³/mol. The fourth-order valence-electron chi connectivity index (χ4n) is 1.31. The number of hydrogen-bond donors (Lipinski definition) is 1. The maximum Gasteiger partial charge on any atom is 0.192 e. The van der Waals surface area contributed by atoms with Crippen LogP contribution in [0.3, 0.4) is 0 Å². The van der Waals surface area contributed by atoms with Gasteiger partial charge in [0.1, 0.15) is 5.82 Å². The molecule has 1 aromatic carbocycles. The summed E-state index contributed by atoms with van der Waals surface area (Å²) in [5.74, 6) is -0.218. The second-order valence-electron chi connectivity index (χ2n) is 6.02. The zero-order valence-electron chi connectivity index (χ0n) is 12.0. The van der Waals surface area contributed by atoms with Crippen molar-refractivity contribution in [2.75, 3.05) is 18.5 Å². The molecule has 0 heterocycles.